The minimum Gasteiger partial charge on any atom is -0.493 e. The van der Waals surface area contributed by atoms with Gasteiger partial charge in [0, 0.05) is 25.2 Å². The number of hydrogen-bond donors (Lipinski definition) is 2. The first-order valence-corrected chi connectivity index (χ1v) is 9.43. The van der Waals surface area contributed by atoms with E-state index in [9.17, 15) is 8.42 Å². The highest BCUT2D eigenvalue weighted by Gasteiger charge is 2.13. The van der Waals surface area contributed by atoms with Crippen LogP contribution in [0, 0.1) is 6.92 Å². The molecule has 0 heterocycles. The largest absolute Gasteiger partial charge is 0.493 e. The van der Waals surface area contributed by atoms with Gasteiger partial charge in [0.05, 0.1) is 19.1 Å². The zero-order chi connectivity index (χ0) is 18.3. The number of benzene rings is 2. The third-order valence-electron chi connectivity index (χ3n) is 3.73. The molecule has 0 aromatic heterocycles. The van der Waals surface area contributed by atoms with Crippen molar-refractivity contribution in [1.29, 1.82) is 0 Å². The fourth-order valence-electron chi connectivity index (χ4n) is 2.39. The second-order valence-electron chi connectivity index (χ2n) is 5.54. The molecule has 0 aliphatic rings. The number of rotatable bonds is 9. The smallest absolute Gasteiger partial charge is 0.240 e. The summed E-state index contributed by atoms with van der Waals surface area (Å²) < 4.78 is 37.6. The number of aryl methyl sites for hydroxylation is 1. The van der Waals surface area contributed by atoms with Crippen LogP contribution in [0.2, 0.25) is 0 Å². The molecule has 0 amide bonds. The Morgan fingerprint density at radius 2 is 1.68 bits per heavy atom. The van der Waals surface area contributed by atoms with Gasteiger partial charge in [-0.25, -0.2) is 13.1 Å². The molecule has 0 fully saturated rings. The van der Waals surface area contributed by atoms with Gasteiger partial charge in [0.2, 0.25) is 10.0 Å². The Morgan fingerprint density at radius 3 is 2.32 bits per heavy atom. The monoisotopic (exact) mass is 364 g/mol. The minimum atomic E-state index is -3.48. The molecule has 2 aromatic carbocycles. The number of sulfonamides is 1. The number of ether oxygens (including phenoxy) is 2. The Morgan fingerprint density at radius 1 is 0.960 bits per heavy atom. The van der Waals surface area contributed by atoms with Crippen molar-refractivity contribution in [3.63, 3.8) is 0 Å². The fourth-order valence-corrected chi connectivity index (χ4v) is 3.42. The molecule has 0 aliphatic heterocycles. The molecule has 6 nitrogen and oxygen atoms in total. The maximum absolute atomic E-state index is 12.2. The maximum Gasteiger partial charge on any atom is 0.240 e. The van der Waals surface area contributed by atoms with E-state index >= 15 is 0 Å². The van der Waals surface area contributed by atoms with Crippen LogP contribution in [-0.2, 0) is 16.6 Å². The van der Waals surface area contributed by atoms with E-state index in [1.165, 1.54) is 0 Å². The van der Waals surface area contributed by atoms with Gasteiger partial charge in [-0.3, -0.25) is 0 Å². The van der Waals surface area contributed by atoms with Crippen molar-refractivity contribution in [2.75, 3.05) is 27.3 Å². The summed E-state index contributed by atoms with van der Waals surface area (Å²) in [6, 6.07) is 12.4. The summed E-state index contributed by atoms with van der Waals surface area (Å²) in [5.74, 6) is 1.35. The standard InChI is InChI=1S/C18H24N2O4S/c1-14-7-9-16(10-8-14)25(21,22)20-12-11-19-13-15-5-4-6-17(23-2)18(15)24-3/h4-10,19-20H,11-13H2,1-3H3. The lowest BCUT2D eigenvalue weighted by atomic mass is 10.2. The second kappa shape index (κ2) is 8.84. The van der Waals surface area contributed by atoms with Crippen LogP contribution in [0.3, 0.4) is 0 Å². The minimum absolute atomic E-state index is 0.271. The molecule has 0 saturated heterocycles. The molecule has 7 heteroatoms. The first kappa shape index (κ1) is 19.2. The molecule has 2 aromatic rings. The van der Waals surface area contributed by atoms with Gasteiger partial charge in [-0.05, 0) is 25.1 Å². The van der Waals surface area contributed by atoms with Gasteiger partial charge < -0.3 is 14.8 Å². The SMILES string of the molecule is COc1cccc(CNCCNS(=O)(=O)c2ccc(C)cc2)c1OC. The van der Waals surface area contributed by atoms with Crippen LogP contribution in [0.1, 0.15) is 11.1 Å². The van der Waals surface area contributed by atoms with E-state index < -0.39 is 10.0 Å². The summed E-state index contributed by atoms with van der Waals surface area (Å²) >= 11 is 0. The first-order valence-electron chi connectivity index (χ1n) is 7.95. The average Bonchev–Trinajstić information content (AvgIpc) is 2.61. The molecule has 0 radical (unpaired) electrons. The van der Waals surface area contributed by atoms with Crippen LogP contribution in [0.25, 0.3) is 0 Å². The molecule has 0 aliphatic carbocycles. The summed E-state index contributed by atoms with van der Waals surface area (Å²) in [4.78, 5) is 0.271. The van der Waals surface area contributed by atoms with Gasteiger partial charge in [-0.1, -0.05) is 29.8 Å². The van der Waals surface area contributed by atoms with Gasteiger partial charge in [-0.2, -0.15) is 0 Å². The van der Waals surface area contributed by atoms with E-state index in [1.54, 1.807) is 38.5 Å². The molecule has 2 N–H and O–H groups in total. The van der Waals surface area contributed by atoms with E-state index in [0.29, 0.717) is 31.1 Å². The average molecular weight is 364 g/mol. The third-order valence-corrected chi connectivity index (χ3v) is 5.20. The fraction of sp³-hybridized carbons (Fsp3) is 0.333. The van der Waals surface area contributed by atoms with Crippen molar-refractivity contribution >= 4 is 10.0 Å². The quantitative estimate of drug-likeness (QED) is 0.666. The Hall–Kier alpha value is -2.09. The normalized spacial score (nSPS) is 11.3. The van der Waals surface area contributed by atoms with Crippen molar-refractivity contribution in [2.24, 2.45) is 0 Å². The summed E-state index contributed by atoms with van der Waals surface area (Å²) in [6.07, 6.45) is 0. The van der Waals surface area contributed by atoms with E-state index in [-0.39, 0.29) is 4.90 Å². The zero-order valence-electron chi connectivity index (χ0n) is 14.7. The number of methoxy groups -OCH3 is 2. The van der Waals surface area contributed by atoms with Crippen molar-refractivity contribution < 1.29 is 17.9 Å². The summed E-state index contributed by atoms with van der Waals surface area (Å²) in [6.45, 7) is 3.25. The van der Waals surface area contributed by atoms with Gasteiger partial charge >= 0.3 is 0 Å². The highest BCUT2D eigenvalue weighted by molar-refractivity contribution is 7.89. The molecule has 25 heavy (non-hydrogen) atoms. The Labute approximate surface area is 149 Å². The Kier molecular flexibility index (Phi) is 6.81. The van der Waals surface area contributed by atoms with Crippen LogP contribution in [0.15, 0.2) is 47.4 Å². The van der Waals surface area contributed by atoms with E-state index in [0.717, 1.165) is 11.1 Å². The molecule has 0 atom stereocenters. The van der Waals surface area contributed by atoms with Crippen molar-refractivity contribution in [1.82, 2.24) is 10.0 Å². The molecule has 0 spiro atoms. The molecule has 0 bridgehead atoms. The van der Waals surface area contributed by atoms with Gasteiger partial charge in [0.15, 0.2) is 11.5 Å². The van der Waals surface area contributed by atoms with Crippen LogP contribution < -0.4 is 19.5 Å². The topological polar surface area (TPSA) is 76.7 Å². The summed E-state index contributed by atoms with van der Waals surface area (Å²) in [7, 11) is -0.294. The molecular weight excluding hydrogens is 340 g/mol. The lowest BCUT2D eigenvalue weighted by Gasteiger charge is -2.13. The van der Waals surface area contributed by atoms with Crippen molar-refractivity contribution in [3.8, 4) is 11.5 Å². The zero-order valence-corrected chi connectivity index (χ0v) is 15.5. The Bertz CT molecular complexity index is 789. The lowest BCUT2D eigenvalue weighted by molar-refractivity contribution is 0.350. The first-order chi connectivity index (χ1) is 12.0. The lowest BCUT2D eigenvalue weighted by Crippen LogP contribution is -2.31. The van der Waals surface area contributed by atoms with Crippen LogP contribution in [0.4, 0.5) is 0 Å². The van der Waals surface area contributed by atoms with Gasteiger partial charge in [0.1, 0.15) is 0 Å². The molecule has 0 saturated carbocycles. The second-order valence-corrected chi connectivity index (χ2v) is 7.31. The predicted octanol–water partition coefficient (Wildman–Crippen LogP) is 2.08. The van der Waals surface area contributed by atoms with Gasteiger partial charge in [0.25, 0.3) is 0 Å². The Balaban J connectivity index is 1.85. The highest BCUT2D eigenvalue weighted by atomic mass is 32.2. The van der Waals surface area contributed by atoms with Crippen molar-refractivity contribution in [2.45, 2.75) is 18.4 Å². The number of hydrogen-bond acceptors (Lipinski definition) is 5. The van der Waals surface area contributed by atoms with E-state index in [2.05, 4.69) is 10.0 Å². The highest BCUT2D eigenvalue weighted by Crippen LogP contribution is 2.30. The van der Waals surface area contributed by atoms with Crippen LogP contribution >= 0.6 is 0 Å². The summed E-state index contributed by atoms with van der Waals surface area (Å²) in [5.41, 5.74) is 1.97. The number of nitrogens with one attached hydrogen (secondary N) is 2. The van der Waals surface area contributed by atoms with Crippen molar-refractivity contribution in [3.05, 3.63) is 53.6 Å². The molecule has 136 valence electrons. The number of para-hydroxylation sites is 1. The van der Waals surface area contributed by atoms with Crippen LogP contribution in [-0.4, -0.2) is 35.7 Å². The van der Waals surface area contributed by atoms with E-state index in [1.807, 2.05) is 25.1 Å². The third kappa shape index (κ3) is 5.19. The predicted molar refractivity (Wildman–Crippen MR) is 97.6 cm³/mol. The molecular formula is C18H24N2O4S. The molecule has 2 rings (SSSR count). The van der Waals surface area contributed by atoms with Crippen LogP contribution in [0.5, 0.6) is 11.5 Å². The summed E-state index contributed by atoms with van der Waals surface area (Å²) in [5, 5.41) is 3.20. The maximum atomic E-state index is 12.2. The molecule has 0 unspecified atom stereocenters. The van der Waals surface area contributed by atoms with E-state index in [4.69, 9.17) is 9.47 Å². The van der Waals surface area contributed by atoms with Gasteiger partial charge in [-0.15, -0.1) is 0 Å².